The molecule has 1 heterocycles. The molecule has 0 aliphatic heterocycles. The van der Waals surface area contributed by atoms with Crippen molar-refractivity contribution in [2.45, 2.75) is 25.2 Å². The second-order valence-corrected chi connectivity index (χ2v) is 5.81. The summed E-state index contributed by atoms with van der Waals surface area (Å²) in [7, 11) is 3.67. The third-order valence-corrected chi connectivity index (χ3v) is 4.50. The monoisotopic (exact) mass is 297 g/mol. The molecule has 0 spiro atoms. The fourth-order valence-corrected chi connectivity index (χ4v) is 3.19. The fraction of sp³-hybridized carbons (Fsp3) is 0.389. The first-order valence-corrected chi connectivity index (χ1v) is 7.80. The third-order valence-electron chi connectivity index (χ3n) is 4.50. The molecule has 1 atom stereocenters. The molecule has 0 amide bonds. The van der Waals surface area contributed by atoms with Crippen LogP contribution in [0.15, 0.2) is 36.4 Å². The van der Waals surface area contributed by atoms with Gasteiger partial charge < -0.3 is 10.5 Å². The molecule has 1 aromatic carbocycles. The molecule has 1 aliphatic rings. The van der Waals surface area contributed by atoms with Crippen LogP contribution in [0.1, 0.15) is 29.9 Å². The second-order valence-electron chi connectivity index (χ2n) is 5.81. The van der Waals surface area contributed by atoms with Crippen LogP contribution < -0.4 is 15.4 Å². The van der Waals surface area contributed by atoms with Gasteiger partial charge >= 0.3 is 0 Å². The number of fused-ring (bicyclic) bond motifs is 1. The van der Waals surface area contributed by atoms with Gasteiger partial charge in [-0.3, -0.25) is 0 Å². The summed E-state index contributed by atoms with van der Waals surface area (Å²) < 4.78 is 5.21. The van der Waals surface area contributed by atoms with Crippen LogP contribution in [-0.4, -0.2) is 25.7 Å². The van der Waals surface area contributed by atoms with Crippen LogP contribution >= 0.6 is 0 Å². The number of aryl methyl sites for hydroxylation is 1. The van der Waals surface area contributed by atoms with E-state index in [2.05, 4.69) is 28.1 Å². The van der Waals surface area contributed by atoms with Gasteiger partial charge in [0.15, 0.2) is 5.69 Å². The second kappa shape index (κ2) is 6.46. The molecule has 0 saturated heterocycles. The molecule has 0 unspecified atom stereocenters. The molecule has 22 heavy (non-hydrogen) atoms. The molecule has 4 heteroatoms. The van der Waals surface area contributed by atoms with Gasteiger partial charge in [-0.15, -0.1) is 0 Å². The highest BCUT2D eigenvalue weighted by Gasteiger charge is 2.24. The van der Waals surface area contributed by atoms with Crippen LogP contribution in [0.5, 0.6) is 5.88 Å². The molecule has 3 rings (SSSR count). The molecule has 1 radical (unpaired) electrons. The summed E-state index contributed by atoms with van der Waals surface area (Å²) in [5.41, 5.74) is 9.90. The predicted molar refractivity (Wildman–Crippen MR) is 89.3 cm³/mol. The predicted octanol–water partition coefficient (Wildman–Crippen LogP) is 3.20. The Morgan fingerprint density at radius 2 is 2.18 bits per heavy atom. The molecule has 2 N–H and O–H groups in total. The number of nitrogens with zero attached hydrogens (tertiary/aromatic N) is 2. The molecule has 1 aromatic heterocycles. The minimum absolute atomic E-state index is 0.512. The first kappa shape index (κ1) is 15.0. The Balaban J connectivity index is 1.91. The van der Waals surface area contributed by atoms with Crippen LogP contribution in [0.25, 0.3) is 0 Å². The van der Waals surface area contributed by atoms with Crippen molar-refractivity contribution in [1.29, 1.82) is 0 Å². The maximum atomic E-state index is 5.90. The Bertz CT molecular complexity index is 657. The van der Waals surface area contributed by atoms with Crippen LogP contribution in [0.2, 0.25) is 0 Å². The number of benzene rings is 1. The molecular weight excluding hydrogens is 274 g/mol. The summed E-state index contributed by atoms with van der Waals surface area (Å²) in [5.74, 6) is 2.02. The number of methoxy groups -OCH3 is 1. The van der Waals surface area contributed by atoms with Crippen molar-refractivity contribution in [3.8, 4) is 5.88 Å². The zero-order chi connectivity index (χ0) is 15.5. The average Bonchev–Trinajstić information content (AvgIpc) is 2.60. The Kier molecular flexibility index (Phi) is 4.41. The maximum Gasteiger partial charge on any atom is 0.285 e. The van der Waals surface area contributed by atoms with Gasteiger partial charge in [0.2, 0.25) is 5.88 Å². The molecular formula is C18H23N3O+. The minimum atomic E-state index is 0.512. The van der Waals surface area contributed by atoms with E-state index < -0.39 is 0 Å². The van der Waals surface area contributed by atoms with Crippen molar-refractivity contribution in [2.24, 2.45) is 5.73 Å². The van der Waals surface area contributed by atoms with E-state index in [1.54, 1.807) is 7.11 Å². The average molecular weight is 297 g/mol. The van der Waals surface area contributed by atoms with Crippen molar-refractivity contribution in [1.82, 2.24) is 9.88 Å². The van der Waals surface area contributed by atoms with Crippen molar-refractivity contribution in [3.05, 3.63) is 47.5 Å². The first-order valence-electron chi connectivity index (χ1n) is 7.80. The SMILES string of the molecule is COc1cccc([N+](C)c2ccc3c(c2)CCC[C@H]3CN)n1. The van der Waals surface area contributed by atoms with Gasteiger partial charge in [0.25, 0.3) is 5.82 Å². The summed E-state index contributed by atoms with van der Waals surface area (Å²) in [6.45, 7) is 0.736. The quantitative estimate of drug-likeness (QED) is 0.882. The van der Waals surface area contributed by atoms with Gasteiger partial charge in [0, 0.05) is 24.3 Å². The number of rotatable bonds is 4. The molecule has 2 aromatic rings. The molecule has 115 valence electrons. The number of anilines is 2. The van der Waals surface area contributed by atoms with E-state index in [1.807, 2.05) is 25.2 Å². The largest absolute Gasteiger partial charge is 0.481 e. The molecule has 1 aliphatic carbocycles. The van der Waals surface area contributed by atoms with Gasteiger partial charge in [-0.05, 0) is 48.9 Å². The van der Waals surface area contributed by atoms with E-state index >= 15 is 0 Å². The summed E-state index contributed by atoms with van der Waals surface area (Å²) in [4.78, 5) is 6.59. The standard InChI is InChI=1S/C18H23N3O/c1-21(17-7-4-8-18(20-17)22-2)15-9-10-16-13(11-15)5-3-6-14(16)12-19/h4,7-11,14H,3,5-6,12,19H2,1-2H3/q+1/t14-/m0/s1. The van der Waals surface area contributed by atoms with E-state index in [1.165, 1.54) is 24.0 Å². The van der Waals surface area contributed by atoms with Crippen LogP contribution in [0.4, 0.5) is 11.5 Å². The van der Waals surface area contributed by atoms with E-state index in [4.69, 9.17) is 10.5 Å². The minimum Gasteiger partial charge on any atom is -0.481 e. The zero-order valence-corrected chi connectivity index (χ0v) is 13.2. The highest BCUT2D eigenvalue weighted by Crippen LogP contribution is 2.34. The number of hydrogen-bond acceptors (Lipinski definition) is 4. The topological polar surface area (TPSA) is 54.0 Å². The summed E-state index contributed by atoms with van der Waals surface area (Å²) in [6, 6.07) is 12.5. The van der Waals surface area contributed by atoms with Crippen molar-refractivity contribution < 1.29 is 4.74 Å². The highest BCUT2D eigenvalue weighted by molar-refractivity contribution is 5.53. The smallest absolute Gasteiger partial charge is 0.285 e. The van der Waals surface area contributed by atoms with E-state index in [9.17, 15) is 0 Å². The normalized spacial score (nSPS) is 17.4. The zero-order valence-electron chi connectivity index (χ0n) is 13.2. The molecule has 0 saturated carbocycles. The van der Waals surface area contributed by atoms with Crippen molar-refractivity contribution >= 4 is 11.5 Å². The Morgan fingerprint density at radius 3 is 2.95 bits per heavy atom. The fourth-order valence-electron chi connectivity index (χ4n) is 3.19. The van der Waals surface area contributed by atoms with Crippen molar-refractivity contribution in [3.63, 3.8) is 0 Å². The number of nitrogens with two attached hydrogens (primary N) is 1. The van der Waals surface area contributed by atoms with Gasteiger partial charge in [-0.25, -0.2) is 0 Å². The lowest BCUT2D eigenvalue weighted by molar-refractivity contribution is 0.397. The summed E-state index contributed by atoms with van der Waals surface area (Å²) >= 11 is 0. The number of ether oxygens (including phenoxy) is 1. The lowest BCUT2D eigenvalue weighted by atomic mass is 9.82. The molecule has 0 fully saturated rings. The number of aromatic nitrogens is 1. The lowest BCUT2D eigenvalue weighted by Crippen LogP contribution is -2.19. The maximum absolute atomic E-state index is 5.90. The van der Waals surface area contributed by atoms with Crippen molar-refractivity contribution in [2.75, 3.05) is 20.7 Å². The summed E-state index contributed by atoms with van der Waals surface area (Å²) in [6.07, 6.45) is 3.56. The van der Waals surface area contributed by atoms with Gasteiger partial charge in [-0.2, -0.15) is 4.98 Å². The Morgan fingerprint density at radius 1 is 1.32 bits per heavy atom. The van der Waals surface area contributed by atoms with Gasteiger partial charge in [-0.1, -0.05) is 11.0 Å². The Hall–Kier alpha value is -1.91. The number of pyridine rings is 1. The molecule has 0 bridgehead atoms. The van der Waals surface area contributed by atoms with E-state index in [0.717, 1.165) is 24.5 Å². The van der Waals surface area contributed by atoms with Gasteiger partial charge in [0.1, 0.15) is 7.05 Å². The number of hydrogen-bond donors (Lipinski definition) is 1. The van der Waals surface area contributed by atoms with Crippen LogP contribution in [0.3, 0.4) is 0 Å². The third kappa shape index (κ3) is 2.85. The highest BCUT2D eigenvalue weighted by atomic mass is 16.5. The Labute approximate surface area is 131 Å². The van der Waals surface area contributed by atoms with Crippen LogP contribution in [0, 0.1) is 0 Å². The summed E-state index contributed by atoms with van der Waals surface area (Å²) in [5, 5.41) is 0. The van der Waals surface area contributed by atoms with Gasteiger partial charge in [0.05, 0.1) is 7.11 Å². The first-order chi connectivity index (χ1) is 10.7. The molecule has 4 nitrogen and oxygen atoms in total. The lowest BCUT2D eigenvalue weighted by Gasteiger charge is -2.24. The van der Waals surface area contributed by atoms with Crippen LogP contribution in [-0.2, 0) is 6.42 Å². The van der Waals surface area contributed by atoms with E-state index in [0.29, 0.717) is 11.8 Å². The van der Waals surface area contributed by atoms with E-state index in [-0.39, 0.29) is 0 Å².